The van der Waals surface area contributed by atoms with Gasteiger partial charge in [0.25, 0.3) is 11.8 Å². The summed E-state index contributed by atoms with van der Waals surface area (Å²) in [5.41, 5.74) is 2.48. The Morgan fingerprint density at radius 3 is 2.47 bits per heavy atom. The first-order chi connectivity index (χ1) is 15.6. The zero-order valence-corrected chi connectivity index (χ0v) is 17.7. The SMILES string of the molecule is CCOc1cc2ccccc2cc1C(=O)NCc1cccc(NC(=O)c2cccnc2)c1. The Hall–Kier alpha value is -4.19. The zero-order valence-electron chi connectivity index (χ0n) is 17.7. The van der Waals surface area contributed by atoms with E-state index >= 15 is 0 Å². The Bertz CT molecular complexity index is 1260. The highest BCUT2D eigenvalue weighted by Gasteiger charge is 2.14. The van der Waals surface area contributed by atoms with Crippen LogP contribution in [0.5, 0.6) is 5.75 Å². The quantitative estimate of drug-likeness (QED) is 0.445. The molecule has 2 N–H and O–H groups in total. The number of carbonyl (C=O) groups excluding carboxylic acids is 2. The Morgan fingerprint density at radius 1 is 0.906 bits per heavy atom. The van der Waals surface area contributed by atoms with Crippen molar-refractivity contribution in [2.45, 2.75) is 13.5 Å². The van der Waals surface area contributed by atoms with E-state index in [1.54, 1.807) is 24.4 Å². The van der Waals surface area contributed by atoms with Gasteiger partial charge in [0.2, 0.25) is 0 Å². The van der Waals surface area contributed by atoms with Gasteiger partial charge in [0.15, 0.2) is 0 Å². The molecule has 6 heteroatoms. The molecule has 6 nitrogen and oxygen atoms in total. The molecule has 4 rings (SSSR count). The van der Waals surface area contributed by atoms with Crippen molar-refractivity contribution in [2.75, 3.05) is 11.9 Å². The number of nitrogens with one attached hydrogen (secondary N) is 2. The molecule has 0 aliphatic carbocycles. The second-order valence-corrected chi connectivity index (χ2v) is 7.21. The number of benzene rings is 3. The number of hydrogen-bond donors (Lipinski definition) is 2. The Morgan fingerprint density at radius 2 is 1.72 bits per heavy atom. The van der Waals surface area contributed by atoms with Gasteiger partial charge in [-0.1, -0.05) is 36.4 Å². The molecule has 1 heterocycles. The van der Waals surface area contributed by atoms with Gasteiger partial charge in [0.05, 0.1) is 17.7 Å². The fraction of sp³-hybridized carbons (Fsp3) is 0.115. The lowest BCUT2D eigenvalue weighted by atomic mass is 10.1. The van der Waals surface area contributed by atoms with E-state index in [1.165, 1.54) is 6.20 Å². The van der Waals surface area contributed by atoms with E-state index in [0.29, 0.717) is 35.7 Å². The van der Waals surface area contributed by atoms with Gasteiger partial charge < -0.3 is 15.4 Å². The van der Waals surface area contributed by atoms with Crippen LogP contribution in [-0.2, 0) is 6.54 Å². The number of fused-ring (bicyclic) bond motifs is 1. The summed E-state index contributed by atoms with van der Waals surface area (Å²) in [7, 11) is 0. The maximum Gasteiger partial charge on any atom is 0.257 e. The predicted octanol–water partition coefficient (Wildman–Crippen LogP) is 4.82. The minimum atomic E-state index is -0.239. The first kappa shape index (κ1) is 21.1. The van der Waals surface area contributed by atoms with Crippen molar-refractivity contribution in [3.05, 3.63) is 102 Å². The van der Waals surface area contributed by atoms with Crippen molar-refractivity contribution in [1.29, 1.82) is 0 Å². The highest BCUT2D eigenvalue weighted by Crippen LogP contribution is 2.26. The van der Waals surface area contributed by atoms with Gasteiger partial charge in [0.1, 0.15) is 5.75 Å². The summed E-state index contributed by atoms with van der Waals surface area (Å²) in [6.07, 6.45) is 3.13. The smallest absolute Gasteiger partial charge is 0.257 e. The number of anilines is 1. The van der Waals surface area contributed by atoms with E-state index in [1.807, 2.05) is 61.5 Å². The van der Waals surface area contributed by atoms with E-state index in [-0.39, 0.29) is 11.8 Å². The minimum absolute atomic E-state index is 0.219. The summed E-state index contributed by atoms with van der Waals surface area (Å²) in [6.45, 7) is 2.67. The first-order valence-corrected chi connectivity index (χ1v) is 10.4. The number of carbonyl (C=O) groups is 2. The second kappa shape index (κ2) is 9.75. The highest BCUT2D eigenvalue weighted by atomic mass is 16.5. The van der Waals surface area contributed by atoms with Crippen LogP contribution in [0.4, 0.5) is 5.69 Å². The van der Waals surface area contributed by atoms with Crippen molar-refractivity contribution in [2.24, 2.45) is 0 Å². The van der Waals surface area contributed by atoms with Crippen LogP contribution in [0, 0.1) is 0 Å². The first-order valence-electron chi connectivity index (χ1n) is 10.4. The molecule has 0 atom stereocenters. The van der Waals surface area contributed by atoms with E-state index in [2.05, 4.69) is 15.6 Å². The van der Waals surface area contributed by atoms with Crippen LogP contribution >= 0.6 is 0 Å². The molecule has 0 saturated heterocycles. The molecule has 4 aromatic rings. The lowest BCUT2D eigenvalue weighted by molar-refractivity contribution is 0.0946. The van der Waals surface area contributed by atoms with Crippen LogP contribution in [0.3, 0.4) is 0 Å². The fourth-order valence-corrected chi connectivity index (χ4v) is 3.41. The van der Waals surface area contributed by atoms with Crippen LogP contribution in [0.2, 0.25) is 0 Å². The molecule has 0 spiro atoms. The Labute approximate surface area is 186 Å². The summed E-state index contributed by atoms with van der Waals surface area (Å²) in [6, 6.07) is 22.4. The molecule has 0 unspecified atom stereocenters. The van der Waals surface area contributed by atoms with Gasteiger partial charge in [-0.05, 0) is 59.7 Å². The number of amides is 2. The fourth-order valence-electron chi connectivity index (χ4n) is 3.41. The van der Waals surface area contributed by atoms with Crippen molar-refractivity contribution in [3.63, 3.8) is 0 Å². The summed E-state index contributed by atoms with van der Waals surface area (Å²) in [5.74, 6) is 0.0991. The van der Waals surface area contributed by atoms with Crippen molar-refractivity contribution < 1.29 is 14.3 Å². The number of aromatic nitrogens is 1. The molecular weight excluding hydrogens is 402 g/mol. The molecule has 0 radical (unpaired) electrons. The Kier molecular flexibility index (Phi) is 6.41. The van der Waals surface area contributed by atoms with Crippen LogP contribution in [0.25, 0.3) is 10.8 Å². The average Bonchev–Trinajstić information content (AvgIpc) is 2.83. The number of nitrogens with zero attached hydrogens (tertiary/aromatic N) is 1. The second-order valence-electron chi connectivity index (χ2n) is 7.21. The Balaban J connectivity index is 1.47. The third-order valence-corrected chi connectivity index (χ3v) is 4.95. The van der Waals surface area contributed by atoms with Crippen LogP contribution in [0.1, 0.15) is 33.2 Å². The van der Waals surface area contributed by atoms with E-state index in [9.17, 15) is 9.59 Å². The van der Waals surface area contributed by atoms with Crippen LogP contribution in [-0.4, -0.2) is 23.4 Å². The maximum atomic E-state index is 12.9. The summed E-state index contributed by atoms with van der Waals surface area (Å²) in [5, 5.41) is 7.79. The summed E-state index contributed by atoms with van der Waals surface area (Å²) in [4.78, 5) is 29.2. The molecule has 0 bridgehead atoms. The maximum absolute atomic E-state index is 12.9. The topological polar surface area (TPSA) is 80.3 Å². The van der Waals surface area contributed by atoms with Crippen LogP contribution < -0.4 is 15.4 Å². The largest absolute Gasteiger partial charge is 0.493 e. The van der Waals surface area contributed by atoms with Crippen molar-refractivity contribution in [1.82, 2.24) is 10.3 Å². The number of rotatable bonds is 7. The highest BCUT2D eigenvalue weighted by molar-refractivity contribution is 6.04. The third kappa shape index (κ3) is 4.92. The van der Waals surface area contributed by atoms with Gasteiger partial charge in [-0.25, -0.2) is 0 Å². The molecule has 0 aliphatic heterocycles. The molecular formula is C26H23N3O3. The van der Waals surface area contributed by atoms with Crippen LogP contribution in [0.15, 0.2) is 85.2 Å². The molecule has 2 amide bonds. The van der Waals surface area contributed by atoms with Gasteiger partial charge >= 0.3 is 0 Å². The minimum Gasteiger partial charge on any atom is -0.493 e. The average molecular weight is 425 g/mol. The monoisotopic (exact) mass is 425 g/mol. The molecule has 0 fully saturated rings. The van der Waals surface area contributed by atoms with E-state index < -0.39 is 0 Å². The van der Waals surface area contributed by atoms with Gasteiger partial charge in [-0.3, -0.25) is 14.6 Å². The molecule has 1 aromatic heterocycles. The molecule has 160 valence electrons. The third-order valence-electron chi connectivity index (χ3n) is 4.95. The number of ether oxygens (including phenoxy) is 1. The van der Waals surface area contributed by atoms with Crippen molar-refractivity contribution >= 4 is 28.3 Å². The van der Waals surface area contributed by atoms with E-state index in [4.69, 9.17) is 4.74 Å². The van der Waals surface area contributed by atoms with Crippen molar-refractivity contribution in [3.8, 4) is 5.75 Å². The van der Waals surface area contributed by atoms with E-state index in [0.717, 1.165) is 16.3 Å². The molecule has 32 heavy (non-hydrogen) atoms. The zero-order chi connectivity index (χ0) is 22.3. The normalized spacial score (nSPS) is 10.5. The molecule has 3 aromatic carbocycles. The predicted molar refractivity (Wildman–Crippen MR) is 125 cm³/mol. The standard InChI is InChI=1S/C26H23N3O3/c1-2-32-24-15-20-9-4-3-8-19(20)14-23(24)26(31)28-16-18-7-5-11-22(13-18)29-25(30)21-10-6-12-27-17-21/h3-15,17H,2,16H2,1H3,(H,28,31)(H,29,30). The number of hydrogen-bond acceptors (Lipinski definition) is 4. The lowest BCUT2D eigenvalue weighted by Crippen LogP contribution is -2.23. The van der Waals surface area contributed by atoms with Gasteiger partial charge in [-0.2, -0.15) is 0 Å². The summed E-state index contributed by atoms with van der Waals surface area (Å²) >= 11 is 0. The van der Waals surface area contributed by atoms with Gasteiger partial charge in [0, 0.05) is 24.6 Å². The lowest BCUT2D eigenvalue weighted by Gasteiger charge is -2.13. The van der Waals surface area contributed by atoms with Gasteiger partial charge in [-0.15, -0.1) is 0 Å². The number of pyridine rings is 1. The summed E-state index contributed by atoms with van der Waals surface area (Å²) < 4.78 is 5.71. The molecule has 0 saturated carbocycles. The molecule has 0 aliphatic rings.